The smallest absolute Gasteiger partial charge is 0.409 e. The number of hydrogen-bond acceptors (Lipinski definition) is 9. The van der Waals surface area contributed by atoms with Gasteiger partial charge in [0.05, 0.1) is 12.1 Å². The first-order valence-corrected chi connectivity index (χ1v) is 17.3. The molecule has 2 atom stereocenters. The lowest BCUT2D eigenvalue weighted by atomic mass is 10.0. The van der Waals surface area contributed by atoms with Crippen LogP contribution in [0.25, 0.3) is 10.9 Å². The minimum absolute atomic E-state index is 0.0272. The van der Waals surface area contributed by atoms with Crippen LogP contribution >= 0.6 is 0 Å². The second-order valence-electron chi connectivity index (χ2n) is 13.0. The number of amides is 5. The van der Waals surface area contributed by atoms with Crippen LogP contribution in [0.5, 0.6) is 5.75 Å². The number of aryl methyl sites for hydroxylation is 2. The third-order valence-corrected chi connectivity index (χ3v) is 9.61. The molecule has 0 aliphatic carbocycles. The van der Waals surface area contributed by atoms with E-state index in [1.807, 2.05) is 24.8 Å². The maximum Gasteiger partial charge on any atom is 0.409 e. The molecule has 0 spiro atoms. The van der Waals surface area contributed by atoms with Gasteiger partial charge in [-0.05, 0) is 76.1 Å². The molecule has 5 rings (SSSR count). The number of nitrogens with one attached hydrogen (secondary N) is 1. The highest BCUT2D eigenvalue weighted by atomic mass is 16.6. The Morgan fingerprint density at radius 3 is 2.26 bits per heavy atom. The summed E-state index contributed by atoms with van der Waals surface area (Å²) in [6.07, 6.45) is 2.25. The van der Waals surface area contributed by atoms with Crippen LogP contribution in [0.2, 0.25) is 0 Å². The minimum Gasteiger partial charge on any atom is -0.483 e. The van der Waals surface area contributed by atoms with E-state index in [0.29, 0.717) is 37.0 Å². The Bertz CT molecular complexity index is 1630. The summed E-state index contributed by atoms with van der Waals surface area (Å²) in [5, 5.41) is 12.6. The standard InChI is InChI=1S/C35H46N6O9/c1-4-49-35(48)40-16-14-39(15-17-40)33(46)25(9-10-31(43)44)37-32(45)27-20-29(24-18-22(2)23(3)19-26(24)36-27)50-21-30(42)41-13-7-8-28(41)34(47)38-11-5-6-12-38/h18-20,25,28H,4-17,21H2,1-3H3,(H,37,45)(H,43,44). The highest BCUT2D eigenvalue weighted by molar-refractivity contribution is 6.00. The van der Waals surface area contributed by atoms with Gasteiger partial charge in [0.15, 0.2) is 6.61 Å². The van der Waals surface area contributed by atoms with Crippen molar-refractivity contribution in [3.8, 4) is 5.75 Å². The maximum atomic E-state index is 13.7. The fourth-order valence-electron chi connectivity index (χ4n) is 6.69. The van der Waals surface area contributed by atoms with Gasteiger partial charge in [0.1, 0.15) is 23.5 Å². The van der Waals surface area contributed by atoms with Crippen molar-refractivity contribution in [3.05, 3.63) is 35.0 Å². The molecule has 5 amide bonds. The van der Waals surface area contributed by atoms with Crippen LogP contribution in [0.15, 0.2) is 18.2 Å². The van der Waals surface area contributed by atoms with E-state index < -0.39 is 36.0 Å². The zero-order valence-corrected chi connectivity index (χ0v) is 28.9. The zero-order valence-electron chi connectivity index (χ0n) is 28.9. The number of aliphatic carboxylic acids is 1. The van der Waals surface area contributed by atoms with Crippen molar-refractivity contribution in [2.75, 3.05) is 59.0 Å². The van der Waals surface area contributed by atoms with Crippen molar-refractivity contribution in [1.82, 2.24) is 29.9 Å². The third kappa shape index (κ3) is 8.43. The summed E-state index contributed by atoms with van der Waals surface area (Å²) in [6.45, 7) is 8.13. The van der Waals surface area contributed by atoms with E-state index in [9.17, 15) is 33.9 Å². The number of likely N-dealkylation sites (tertiary alicyclic amines) is 2. The number of nitrogens with zero attached hydrogens (tertiary/aromatic N) is 5. The van der Waals surface area contributed by atoms with Gasteiger partial charge in [-0.1, -0.05) is 0 Å². The topological polar surface area (TPSA) is 179 Å². The molecular weight excluding hydrogens is 648 g/mol. The van der Waals surface area contributed by atoms with Gasteiger partial charge >= 0.3 is 12.1 Å². The summed E-state index contributed by atoms with van der Waals surface area (Å²) < 4.78 is 11.1. The predicted octanol–water partition coefficient (Wildman–Crippen LogP) is 2.11. The van der Waals surface area contributed by atoms with Crippen LogP contribution in [0.1, 0.15) is 67.1 Å². The highest BCUT2D eigenvalue weighted by Crippen LogP contribution is 2.29. The fourth-order valence-corrected chi connectivity index (χ4v) is 6.69. The summed E-state index contributed by atoms with van der Waals surface area (Å²) in [5.41, 5.74) is 2.23. The number of ether oxygens (including phenoxy) is 2. The van der Waals surface area contributed by atoms with Gasteiger partial charge in [0, 0.05) is 63.7 Å². The van der Waals surface area contributed by atoms with E-state index in [1.54, 1.807) is 17.9 Å². The summed E-state index contributed by atoms with van der Waals surface area (Å²) in [7, 11) is 0. The Hall–Kier alpha value is -4.95. The van der Waals surface area contributed by atoms with E-state index in [-0.39, 0.29) is 75.5 Å². The molecule has 15 heteroatoms. The fraction of sp³-hybridized carbons (Fsp3) is 0.571. The Labute approximate surface area is 290 Å². The monoisotopic (exact) mass is 694 g/mol. The Kier molecular flexibility index (Phi) is 11.8. The average molecular weight is 695 g/mol. The molecule has 270 valence electrons. The number of piperazine rings is 1. The van der Waals surface area contributed by atoms with Gasteiger partial charge < -0.3 is 39.5 Å². The summed E-state index contributed by atoms with van der Waals surface area (Å²) >= 11 is 0. The molecule has 0 saturated carbocycles. The van der Waals surface area contributed by atoms with Gasteiger partial charge in [-0.2, -0.15) is 0 Å². The SMILES string of the molecule is CCOC(=O)N1CCN(C(=O)C(CCC(=O)O)NC(=O)c2cc(OCC(=O)N3CCCC3C(=O)N3CCCC3)c3cc(C)c(C)cc3n2)CC1. The van der Waals surface area contributed by atoms with Crippen molar-refractivity contribution in [2.45, 2.75) is 71.4 Å². The first-order chi connectivity index (χ1) is 24.0. The van der Waals surface area contributed by atoms with Crippen molar-refractivity contribution in [1.29, 1.82) is 0 Å². The first-order valence-electron chi connectivity index (χ1n) is 17.3. The van der Waals surface area contributed by atoms with Crippen LogP contribution in [0.4, 0.5) is 4.79 Å². The number of aromatic nitrogens is 1. The number of carboxylic acid groups (broad SMARTS) is 1. The van der Waals surface area contributed by atoms with Crippen molar-refractivity contribution in [3.63, 3.8) is 0 Å². The number of fused-ring (bicyclic) bond motifs is 1. The van der Waals surface area contributed by atoms with E-state index in [1.165, 1.54) is 15.9 Å². The van der Waals surface area contributed by atoms with E-state index in [0.717, 1.165) is 30.4 Å². The van der Waals surface area contributed by atoms with Gasteiger partial charge in [0.25, 0.3) is 11.8 Å². The molecule has 2 unspecified atom stereocenters. The Balaban J connectivity index is 1.33. The van der Waals surface area contributed by atoms with E-state index in [4.69, 9.17) is 9.47 Å². The average Bonchev–Trinajstić information content (AvgIpc) is 3.82. The lowest BCUT2D eigenvalue weighted by molar-refractivity contribution is -0.144. The second kappa shape index (κ2) is 16.2. The van der Waals surface area contributed by atoms with Crippen molar-refractivity contribution < 1.29 is 43.3 Å². The molecule has 15 nitrogen and oxygen atoms in total. The molecule has 4 heterocycles. The molecule has 50 heavy (non-hydrogen) atoms. The predicted molar refractivity (Wildman–Crippen MR) is 181 cm³/mol. The molecule has 3 aliphatic rings. The molecule has 3 saturated heterocycles. The van der Waals surface area contributed by atoms with Gasteiger partial charge in [0.2, 0.25) is 11.8 Å². The lowest BCUT2D eigenvalue weighted by Gasteiger charge is -2.35. The molecule has 1 aromatic carbocycles. The van der Waals surface area contributed by atoms with Crippen LogP contribution in [-0.4, -0.2) is 136 Å². The molecule has 1 aromatic heterocycles. The largest absolute Gasteiger partial charge is 0.483 e. The molecular formula is C35H46N6O9. The molecule has 2 N–H and O–H groups in total. The van der Waals surface area contributed by atoms with Crippen LogP contribution < -0.4 is 10.1 Å². The summed E-state index contributed by atoms with van der Waals surface area (Å²) in [5.74, 6) is -2.43. The Morgan fingerprint density at radius 2 is 1.58 bits per heavy atom. The number of pyridine rings is 1. The number of carboxylic acids is 1. The second-order valence-corrected chi connectivity index (χ2v) is 13.0. The van der Waals surface area contributed by atoms with Crippen LogP contribution in [-0.2, 0) is 23.9 Å². The molecule has 0 radical (unpaired) electrons. The zero-order chi connectivity index (χ0) is 35.9. The normalized spacial score (nSPS) is 18.3. The van der Waals surface area contributed by atoms with Crippen molar-refractivity contribution >= 4 is 46.6 Å². The number of hydrogen-bond donors (Lipinski definition) is 2. The maximum absolute atomic E-state index is 13.7. The van der Waals surface area contributed by atoms with E-state index >= 15 is 0 Å². The number of benzene rings is 1. The summed E-state index contributed by atoms with van der Waals surface area (Å²) in [6, 6.07) is 3.39. The quantitative estimate of drug-likeness (QED) is 0.354. The molecule has 2 aromatic rings. The summed E-state index contributed by atoms with van der Waals surface area (Å²) in [4.78, 5) is 88.4. The number of carbonyl (C=O) groups is 6. The molecule has 3 aliphatic heterocycles. The number of rotatable bonds is 11. The molecule has 0 bridgehead atoms. The van der Waals surface area contributed by atoms with Gasteiger partial charge in [-0.25, -0.2) is 9.78 Å². The van der Waals surface area contributed by atoms with Crippen LogP contribution in [0, 0.1) is 13.8 Å². The third-order valence-electron chi connectivity index (χ3n) is 9.61. The van der Waals surface area contributed by atoms with Gasteiger partial charge in [-0.3, -0.25) is 24.0 Å². The first kappa shape index (κ1) is 36.3. The number of carbonyl (C=O) groups excluding carboxylic acids is 5. The van der Waals surface area contributed by atoms with Gasteiger partial charge in [-0.15, -0.1) is 0 Å². The lowest BCUT2D eigenvalue weighted by Crippen LogP contribution is -2.56. The van der Waals surface area contributed by atoms with Crippen molar-refractivity contribution in [2.24, 2.45) is 0 Å². The van der Waals surface area contributed by atoms with E-state index in [2.05, 4.69) is 10.3 Å². The van der Waals surface area contributed by atoms with Crippen LogP contribution in [0.3, 0.4) is 0 Å². The molecule has 3 fully saturated rings. The highest BCUT2D eigenvalue weighted by Gasteiger charge is 2.37. The minimum atomic E-state index is -1.17. The Morgan fingerprint density at radius 1 is 0.900 bits per heavy atom.